The molecule has 5 heteroatoms. The van der Waals surface area contributed by atoms with E-state index in [1.54, 1.807) is 0 Å². The number of carbonyl (C=O) groups excluding carboxylic acids is 2. The zero-order valence-electron chi connectivity index (χ0n) is 14.8. The Bertz CT molecular complexity index is 316. The highest BCUT2D eigenvalue weighted by atomic mass is 16.5. The molecule has 0 fully saturated rings. The number of rotatable bonds is 13. The third kappa shape index (κ3) is 12.8. The molecule has 130 valence electrons. The van der Waals surface area contributed by atoms with Crippen molar-refractivity contribution in [2.75, 3.05) is 19.8 Å². The molecule has 0 radical (unpaired) electrons. The lowest BCUT2D eigenvalue weighted by Crippen LogP contribution is -2.35. The van der Waals surface area contributed by atoms with Crippen molar-refractivity contribution in [2.45, 2.75) is 72.4 Å². The molecule has 0 saturated heterocycles. The predicted molar refractivity (Wildman–Crippen MR) is 87.8 cm³/mol. The maximum absolute atomic E-state index is 11.8. The second kappa shape index (κ2) is 12.6. The first-order valence-corrected chi connectivity index (χ1v) is 8.34. The molecule has 0 aliphatic heterocycles. The molecule has 0 aromatic rings. The number of carbonyl (C=O) groups is 2. The number of hydrogen-bond acceptors (Lipinski definition) is 4. The van der Waals surface area contributed by atoms with Gasteiger partial charge in [0.1, 0.15) is 5.78 Å². The average Bonchev–Trinajstić information content (AvgIpc) is 2.43. The van der Waals surface area contributed by atoms with Gasteiger partial charge in [-0.2, -0.15) is 0 Å². The molecule has 0 aliphatic carbocycles. The molecule has 0 bridgehead atoms. The molecular weight excluding hydrogens is 282 g/mol. The van der Waals surface area contributed by atoms with Crippen LogP contribution in [-0.2, 0) is 19.1 Å². The van der Waals surface area contributed by atoms with Gasteiger partial charge < -0.3 is 14.8 Å². The predicted octanol–water partition coefficient (Wildman–Crippen LogP) is 2.72. The lowest BCUT2D eigenvalue weighted by molar-refractivity contribution is -0.125. The standard InChI is InChI=1S/C17H33NO4/c1-13(2)17(20)18-15(5)8-9-16(19)7-6-10-21-11-12-22-14(3)4/h13-15H,6-12H2,1-5H3,(H,18,20). The Kier molecular flexibility index (Phi) is 12.1. The summed E-state index contributed by atoms with van der Waals surface area (Å²) in [5, 5.41) is 2.90. The SMILES string of the molecule is CC(CCC(=O)CCCOCCOC(C)C)NC(=O)C(C)C. The van der Waals surface area contributed by atoms with Crippen LogP contribution in [0.5, 0.6) is 0 Å². The fourth-order valence-electron chi connectivity index (χ4n) is 1.80. The molecule has 22 heavy (non-hydrogen) atoms. The van der Waals surface area contributed by atoms with E-state index in [4.69, 9.17) is 9.47 Å². The van der Waals surface area contributed by atoms with Gasteiger partial charge in [0.25, 0.3) is 0 Å². The van der Waals surface area contributed by atoms with Crippen molar-refractivity contribution in [1.82, 2.24) is 5.32 Å². The highest BCUT2D eigenvalue weighted by molar-refractivity contribution is 5.79. The number of hydrogen-bond donors (Lipinski definition) is 1. The maximum atomic E-state index is 11.8. The summed E-state index contributed by atoms with van der Waals surface area (Å²) in [4.78, 5) is 23.3. The van der Waals surface area contributed by atoms with Gasteiger partial charge >= 0.3 is 0 Å². The van der Waals surface area contributed by atoms with Gasteiger partial charge in [0.2, 0.25) is 5.91 Å². The molecule has 1 N–H and O–H groups in total. The lowest BCUT2D eigenvalue weighted by atomic mass is 10.1. The molecular formula is C17H33NO4. The molecule has 0 aromatic carbocycles. The summed E-state index contributed by atoms with van der Waals surface area (Å²) >= 11 is 0. The molecule has 0 spiro atoms. The van der Waals surface area contributed by atoms with E-state index in [0.29, 0.717) is 39.1 Å². The lowest BCUT2D eigenvalue weighted by Gasteiger charge is -2.15. The Balaban J connectivity index is 3.52. The Labute approximate surface area is 135 Å². The fourth-order valence-corrected chi connectivity index (χ4v) is 1.80. The summed E-state index contributed by atoms with van der Waals surface area (Å²) in [7, 11) is 0. The minimum absolute atomic E-state index is 0.0185. The Morgan fingerprint density at radius 2 is 1.64 bits per heavy atom. The summed E-state index contributed by atoms with van der Waals surface area (Å²) in [6, 6.07) is 0.0447. The number of nitrogens with one attached hydrogen (secondary N) is 1. The quantitative estimate of drug-likeness (QED) is 0.531. The second-order valence-corrected chi connectivity index (χ2v) is 6.28. The van der Waals surface area contributed by atoms with E-state index in [1.165, 1.54) is 0 Å². The minimum Gasteiger partial charge on any atom is -0.379 e. The van der Waals surface area contributed by atoms with Crippen molar-refractivity contribution >= 4 is 11.7 Å². The van der Waals surface area contributed by atoms with Gasteiger partial charge in [0, 0.05) is 31.4 Å². The van der Waals surface area contributed by atoms with Crippen LogP contribution in [0.25, 0.3) is 0 Å². The highest BCUT2D eigenvalue weighted by Gasteiger charge is 2.12. The zero-order valence-corrected chi connectivity index (χ0v) is 14.8. The number of ketones is 1. The molecule has 0 rings (SSSR count). The van der Waals surface area contributed by atoms with E-state index in [2.05, 4.69) is 5.32 Å². The average molecular weight is 315 g/mol. The fraction of sp³-hybridized carbons (Fsp3) is 0.882. The molecule has 5 nitrogen and oxygen atoms in total. The molecule has 1 amide bonds. The monoisotopic (exact) mass is 315 g/mol. The van der Waals surface area contributed by atoms with Gasteiger partial charge in [0.15, 0.2) is 0 Å². The number of amides is 1. The minimum atomic E-state index is -0.0185. The summed E-state index contributed by atoms with van der Waals surface area (Å²) < 4.78 is 10.8. The van der Waals surface area contributed by atoms with Crippen LogP contribution >= 0.6 is 0 Å². The second-order valence-electron chi connectivity index (χ2n) is 6.28. The normalized spacial score (nSPS) is 12.7. The van der Waals surface area contributed by atoms with Crippen LogP contribution in [0.1, 0.15) is 60.3 Å². The first kappa shape index (κ1) is 21.1. The summed E-state index contributed by atoms with van der Waals surface area (Å²) in [5.74, 6) is 0.250. The third-order valence-corrected chi connectivity index (χ3v) is 3.19. The van der Waals surface area contributed by atoms with Crippen LogP contribution in [0.15, 0.2) is 0 Å². The smallest absolute Gasteiger partial charge is 0.222 e. The molecule has 0 aliphatic rings. The molecule has 0 saturated carbocycles. The number of ether oxygens (including phenoxy) is 2. The van der Waals surface area contributed by atoms with Gasteiger partial charge in [-0.1, -0.05) is 13.8 Å². The highest BCUT2D eigenvalue weighted by Crippen LogP contribution is 2.04. The van der Waals surface area contributed by atoms with Crippen molar-refractivity contribution in [3.8, 4) is 0 Å². The van der Waals surface area contributed by atoms with E-state index < -0.39 is 0 Å². The van der Waals surface area contributed by atoms with Crippen LogP contribution in [0.3, 0.4) is 0 Å². The van der Waals surface area contributed by atoms with Crippen molar-refractivity contribution in [3.63, 3.8) is 0 Å². The van der Waals surface area contributed by atoms with Gasteiger partial charge in [-0.25, -0.2) is 0 Å². The van der Waals surface area contributed by atoms with Crippen molar-refractivity contribution < 1.29 is 19.1 Å². The Hall–Kier alpha value is -0.940. The first-order chi connectivity index (χ1) is 10.3. The third-order valence-electron chi connectivity index (χ3n) is 3.19. The Morgan fingerprint density at radius 1 is 0.955 bits per heavy atom. The van der Waals surface area contributed by atoms with Crippen molar-refractivity contribution in [1.29, 1.82) is 0 Å². The van der Waals surface area contributed by atoms with Crippen molar-refractivity contribution in [3.05, 3.63) is 0 Å². The zero-order chi connectivity index (χ0) is 17.0. The topological polar surface area (TPSA) is 64.6 Å². The van der Waals surface area contributed by atoms with E-state index in [1.807, 2.05) is 34.6 Å². The summed E-state index contributed by atoms with van der Waals surface area (Å²) in [6.07, 6.45) is 2.71. The molecule has 0 aromatic heterocycles. The van der Waals surface area contributed by atoms with E-state index in [0.717, 1.165) is 6.42 Å². The van der Waals surface area contributed by atoms with E-state index >= 15 is 0 Å². The van der Waals surface area contributed by atoms with Gasteiger partial charge in [-0.15, -0.1) is 0 Å². The summed E-state index contributed by atoms with van der Waals surface area (Å²) in [5.41, 5.74) is 0. The molecule has 0 heterocycles. The van der Waals surface area contributed by atoms with Gasteiger partial charge in [-0.05, 0) is 33.6 Å². The first-order valence-electron chi connectivity index (χ1n) is 8.34. The van der Waals surface area contributed by atoms with Crippen LogP contribution in [0.4, 0.5) is 0 Å². The van der Waals surface area contributed by atoms with Crippen molar-refractivity contribution in [2.24, 2.45) is 5.92 Å². The van der Waals surface area contributed by atoms with Crippen LogP contribution in [-0.4, -0.2) is 43.7 Å². The summed E-state index contributed by atoms with van der Waals surface area (Å²) in [6.45, 7) is 11.4. The maximum Gasteiger partial charge on any atom is 0.222 e. The van der Waals surface area contributed by atoms with E-state index in [-0.39, 0.29) is 29.8 Å². The Morgan fingerprint density at radius 3 is 2.23 bits per heavy atom. The number of Topliss-reactive ketones (excluding diaryl/α,β-unsaturated/α-hetero) is 1. The van der Waals surface area contributed by atoms with Gasteiger partial charge in [0.05, 0.1) is 19.3 Å². The molecule has 1 unspecified atom stereocenters. The van der Waals surface area contributed by atoms with Gasteiger partial charge in [-0.3, -0.25) is 9.59 Å². The van der Waals surface area contributed by atoms with Crippen LogP contribution in [0, 0.1) is 5.92 Å². The van der Waals surface area contributed by atoms with E-state index in [9.17, 15) is 9.59 Å². The molecule has 1 atom stereocenters. The van der Waals surface area contributed by atoms with Crippen LogP contribution < -0.4 is 5.32 Å². The van der Waals surface area contributed by atoms with Crippen LogP contribution in [0.2, 0.25) is 0 Å². The largest absolute Gasteiger partial charge is 0.379 e.